The van der Waals surface area contributed by atoms with Crippen molar-refractivity contribution in [1.82, 2.24) is 10.2 Å². The number of nitrogens with zero attached hydrogens (tertiary/aromatic N) is 1. The number of urea groups is 1. The van der Waals surface area contributed by atoms with Gasteiger partial charge >= 0.3 is 12.0 Å². The van der Waals surface area contributed by atoms with Crippen LogP contribution in [-0.2, 0) is 16.0 Å². The topological polar surface area (TPSA) is 88.1 Å². The van der Waals surface area contributed by atoms with Crippen molar-refractivity contribution in [2.45, 2.75) is 18.8 Å². The van der Waals surface area contributed by atoms with Crippen LogP contribution in [-0.4, -0.2) is 61.5 Å². The molecule has 7 nitrogen and oxygen atoms in total. The Morgan fingerprint density at radius 2 is 1.73 bits per heavy atom. The molecular weight excluding hydrogens is 288 g/mol. The minimum atomic E-state index is -0.969. The highest BCUT2D eigenvalue weighted by atomic mass is 16.5. The first-order valence-electron chi connectivity index (χ1n) is 6.95. The van der Waals surface area contributed by atoms with Crippen LogP contribution < -0.4 is 5.32 Å². The fraction of sp³-hybridized carbons (Fsp3) is 0.467. The van der Waals surface area contributed by atoms with Crippen molar-refractivity contribution < 1.29 is 24.2 Å². The van der Waals surface area contributed by atoms with Crippen molar-refractivity contribution in [3.8, 4) is 0 Å². The number of likely N-dealkylation sites (tertiary alicyclic amines) is 1. The van der Waals surface area contributed by atoms with Gasteiger partial charge in [-0.2, -0.15) is 0 Å². The quantitative estimate of drug-likeness (QED) is 0.845. The van der Waals surface area contributed by atoms with Crippen molar-refractivity contribution in [1.29, 1.82) is 0 Å². The summed E-state index contributed by atoms with van der Waals surface area (Å²) in [6.45, 7) is 1.31. The number of nitrogens with one attached hydrogen (secondary N) is 1. The minimum Gasteiger partial charge on any atom is -0.478 e. The van der Waals surface area contributed by atoms with E-state index in [1.165, 1.54) is 12.1 Å². The monoisotopic (exact) mass is 308 g/mol. The summed E-state index contributed by atoms with van der Waals surface area (Å²) in [5.41, 5.74) is 1.06. The molecule has 0 saturated carbocycles. The number of hydrogen-bond acceptors (Lipinski definition) is 4. The van der Waals surface area contributed by atoms with Gasteiger partial charge in [-0.15, -0.1) is 0 Å². The molecule has 0 radical (unpaired) electrons. The SMILES string of the molecule is COC1CN(C(=O)NCc2ccc(C(=O)O)cc2)CC1OC. The second-order valence-corrected chi connectivity index (χ2v) is 5.11. The molecular formula is C15H20N2O5. The lowest BCUT2D eigenvalue weighted by molar-refractivity contribution is -0.00461. The second-order valence-electron chi connectivity index (χ2n) is 5.11. The van der Waals surface area contributed by atoms with Gasteiger partial charge in [-0.1, -0.05) is 12.1 Å². The van der Waals surface area contributed by atoms with Crippen LogP contribution in [0, 0.1) is 0 Å². The van der Waals surface area contributed by atoms with Gasteiger partial charge in [0.15, 0.2) is 0 Å². The number of aromatic carboxylic acids is 1. The van der Waals surface area contributed by atoms with E-state index in [2.05, 4.69) is 5.32 Å². The summed E-state index contributed by atoms with van der Waals surface area (Å²) in [6, 6.07) is 6.21. The second kappa shape index (κ2) is 7.24. The van der Waals surface area contributed by atoms with E-state index in [9.17, 15) is 9.59 Å². The summed E-state index contributed by atoms with van der Waals surface area (Å²) >= 11 is 0. The van der Waals surface area contributed by atoms with Gasteiger partial charge in [-0.05, 0) is 17.7 Å². The number of ether oxygens (including phenoxy) is 2. The molecule has 1 fully saturated rings. The number of carboxylic acids is 1. The first kappa shape index (κ1) is 16.3. The molecule has 1 heterocycles. The molecule has 1 saturated heterocycles. The Labute approximate surface area is 128 Å². The Morgan fingerprint density at radius 3 is 2.18 bits per heavy atom. The van der Waals surface area contributed by atoms with Crippen LogP contribution in [0.15, 0.2) is 24.3 Å². The normalized spacial score (nSPS) is 20.9. The van der Waals surface area contributed by atoms with E-state index in [1.54, 1.807) is 31.3 Å². The van der Waals surface area contributed by atoms with Crippen LogP contribution in [0.25, 0.3) is 0 Å². The number of methoxy groups -OCH3 is 2. The summed E-state index contributed by atoms with van der Waals surface area (Å²) in [6.07, 6.45) is -0.240. The maximum atomic E-state index is 12.1. The van der Waals surface area contributed by atoms with Gasteiger partial charge in [-0.25, -0.2) is 9.59 Å². The van der Waals surface area contributed by atoms with Gasteiger partial charge < -0.3 is 24.8 Å². The lowest BCUT2D eigenvalue weighted by Crippen LogP contribution is -2.38. The molecule has 2 unspecified atom stereocenters. The van der Waals surface area contributed by atoms with Crippen LogP contribution in [0.1, 0.15) is 15.9 Å². The Kier molecular flexibility index (Phi) is 5.35. The molecule has 120 valence electrons. The fourth-order valence-electron chi connectivity index (χ4n) is 2.42. The minimum absolute atomic E-state index is 0.120. The summed E-state index contributed by atoms with van der Waals surface area (Å²) < 4.78 is 10.6. The highest BCUT2D eigenvalue weighted by Crippen LogP contribution is 2.15. The van der Waals surface area contributed by atoms with Gasteiger partial charge in [0.1, 0.15) is 12.2 Å². The van der Waals surface area contributed by atoms with Gasteiger partial charge in [0.05, 0.1) is 18.7 Å². The average molecular weight is 308 g/mol. The fourth-order valence-corrected chi connectivity index (χ4v) is 2.42. The molecule has 2 N–H and O–H groups in total. The van der Waals surface area contributed by atoms with E-state index in [0.29, 0.717) is 19.6 Å². The van der Waals surface area contributed by atoms with Crippen LogP contribution in [0.4, 0.5) is 4.79 Å². The first-order valence-corrected chi connectivity index (χ1v) is 6.95. The number of carbonyl (C=O) groups excluding carboxylic acids is 1. The van der Waals surface area contributed by atoms with Crippen molar-refractivity contribution in [2.24, 2.45) is 0 Å². The van der Waals surface area contributed by atoms with E-state index in [0.717, 1.165) is 5.56 Å². The third-order valence-corrected chi connectivity index (χ3v) is 3.75. The zero-order valence-corrected chi connectivity index (χ0v) is 12.6. The van der Waals surface area contributed by atoms with E-state index in [-0.39, 0.29) is 23.8 Å². The highest BCUT2D eigenvalue weighted by Gasteiger charge is 2.35. The largest absolute Gasteiger partial charge is 0.478 e. The van der Waals surface area contributed by atoms with E-state index < -0.39 is 5.97 Å². The standard InChI is InChI=1S/C15H20N2O5/c1-21-12-8-17(9-13(12)22-2)15(20)16-7-10-3-5-11(6-4-10)14(18)19/h3-6,12-13H,7-9H2,1-2H3,(H,16,20)(H,18,19). The predicted octanol–water partition coefficient (Wildman–Crippen LogP) is 0.940. The maximum absolute atomic E-state index is 12.1. The molecule has 2 amide bonds. The van der Waals surface area contributed by atoms with Crippen LogP contribution in [0.3, 0.4) is 0 Å². The molecule has 0 aliphatic carbocycles. The van der Waals surface area contributed by atoms with Crippen molar-refractivity contribution in [2.75, 3.05) is 27.3 Å². The molecule has 0 bridgehead atoms. The van der Waals surface area contributed by atoms with E-state index in [1.807, 2.05) is 0 Å². The van der Waals surface area contributed by atoms with Crippen LogP contribution in [0.5, 0.6) is 0 Å². The summed E-state index contributed by atoms with van der Waals surface area (Å²) in [7, 11) is 3.20. The van der Waals surface area contributed by atoms with Gasteiger partial charge in [-0.3, -0.25) is 0 Å². The molecule has 2 atom stereocenters. The number of amides is 2. The van der Waals surface area contributed by atoms with Crippen molar-refractivity contribution >= 4 is 12.0 Å². The van der Waals surface area contributed by atoms with Gasteiger partial charge in [0.25, 0.3) is 0 Å². The molecule has 22 heavy (non-hydrogen) atoms. The van der Waals surface area contributed by atoms with Gasteiger partial charge in [0, 0.05) is 20.8 Å². The van der Waals surface area contributed by atoms with E-state index >= 15 is 0 Å². The first-order chi connectivity index (χ1) is 10.5. The highest BCUT2D eigenvalue weighted by molar-refractivity contribution is 5.87. The molecule has 7 heteroatoms. The number of carboxylic acid groups (broad SMARTS) is 1. The maximum Gasteiger partial charge on any atom is 0.335 e. The zero-order valence-electron chi connectivity index (χ0n) is 12.6. The Bertz CT molecular complexity index is 519. The third-order valence-electron chi connectivity index (χ3n) is 3.75. The zero-order chi connectivity index (χ0) is 16.1. The van der Waals surface area contributed by atoms with Crippen LogP contribution in [0.2, 0.25) is 0 Å². The number of benzene rings is 1. The van der Waals surface area contributed by atoms with Gasteiger partial charge in [0.2, 0.25) is 0 Å². The lowest BCUT2D eigenvalue weighted by Gasteiger charge is -2.16. The third kappa shape index (κ3) is 3.75. The summed E-state index contributed by atoms with van der Waals surface area (Å²) in [5.74, 6) is -0.969. The molecule has 1 aromatic carbocycles. The summed E-state index contributed by atoms with van der Waals surface area (Å²) in [4.78, 5) is 24.5. The molecule has 1 aliphatic heterocycles. The van der Waals surface area contributed by atoms with Crippen LogP contribution >= 0.6 is 0 Å². The lowest BCUT2D eigenvalue weighted by atomic mass is 10.1. The number of hydrogen-bond donors (Lipinski definition) is 2. The molecule has 1 aromatic rings. The number of rotatable bonds is 5. The smallest absolute Gasteiger partial charge is 0.335 e. The summed E-state index contributed by atoms with van der Waals surface area (Å²) in [5, 5.41) is 11.6. The van der Waals surface area contributed by atoms with E-state index in [4.69, 9.17) is 14.6 Å². The predicted molar refractivity (Wildman–Crippen MR) is 78.8 cm³/mol. The average Bonchev–Trinajstić information content (AvgIpc) is 2.96. The Hall–Kier alpha value is -2.12. The molecule has 0 aromatic heterocycles. The Balaban J connectivity index is 1.86. The van der Waals surface area contributed by atoms with Crippen molar-refractivity contribution in [3.63, 3.8) is 0 Å². The van der Waals surface area contributed by atoms with Crippen molar-refractivity contribution in [3.05, 3.63) is 35.4 Å². The molecule has 2 rings (SSSR count). The molecule has 1 aliphatic rings. The Morgan fingerprint density at radius 1 is 1.18 bits per heavy atom. The number of carbonyl (C=O) groups is 2. The molecule has 0 spiro atoms.